The second kappa shape index (κ2) is 4.79. The van der Waals surface area contributed by atoms with Crippen LogP contribution < -0.4 is 0 Å². The first-order valence-electron chi connectivity index (χ1n) is 5.12. The summed E-state index contributed by atoms with van der Waals surface area (Å²) in [4.78, 5) is 1.93. The van der Waals surface area contributed by atoms with Gasteiger partial charge in [0.1, 0.15) is 0 Å². The van der Waals surface area contributed by atoms with E-state index in [0.717, 1.165) is 0 Å². The molecule has 1 aliphatic rings. The molecule has 0 bridgehead atoms. The molecule has 4 heteroatoms. The molecule has 1 aromatic rings. The molecule has 0 amide bonds. The van der Waals surface area contributed by atoms with Crippen molar-refractivity contribution >= 4 is 59.1 Å². The SMILES string of the molecule is CC1(C(Br)c2cc(Br)c(Br)s2)CCCC1. The molecule has 1 aromatic heterocycles. The Morgan fingerprint density at radius 1 is 1.33 bits per heavy atom. The molecule has 0 N–H and O–H groups in total. The summed E-state index contributed by atoms with van der Waals surface area (Å²) < 4.78 is 2.37. The van der Waals surface area contributed by atoms with E-state index in [4.69, 9.17) is 0 Å². The molecule has 1 heterocycles. The van der Waals surface area contributed by atoms with Crippen molar-refractivity contribution in [1.29, 1.82) is 0 Å². The van der Waals surface area contributed by atoms with Crippen molar-refractivity contribution in [3.05, 3.63) is 19.2 Å². The molecular formula is C11H13Br3S. The molecule has 0 saturated heterocycles. The molecule has 15 heavy (non-hydrogen) atoms. The van der Waals surface area contributed by atoms with Gasteiger partial charge in [-0.2, -0.15) is 0 Å². The van der Waals surface area contributed by atoms with Crippen LogP contribution in [0.4, 0.5) is 0 Å². The second-order valence-corrected chi connectivity index (χ2v) is 8.67. The molecule has 0 radical (unpaired) electrons. The fraction of sp³-hybridized carbons (Fsp3) is 0.636. The Morgan fingerprint density at radius 2 is 1.93 bits per heavy atom. The number of hydrogen-bond donors (Lipinski definition) is 0. The minimum absolute atomic E-state index is 0.448. The van der Waals surface area contributed by atoms with Gasteiger partial charge in [0.2, 0.25) is 0 Å². The van der Waals surface area contributed by atoms with Crippen LogP contribution in [0.2, 0.25) is 0 Å². The number of rotatable bonds is 2. The second-order valence-electron chi connectivity index (χ2n) is 4.49. The fourth-order valence-corrected chi connectivity index (χ4v) is 5.38. The van der Waals surface area contributed by atoms with Crippen LogP contribution in [-0.4, -0.2) is 0 Å². The predicted octanol–water partition coefficient (Wildman–Crippen LogP) is 6.29. The zero-order chi connectivity index (χ0) is 11.1. The Hall–Kier alpha value is 1.14. The zero-order valence-electron chi connectivity index (χ0n) is 8.53. The van der Waals surface area contributed by atoms with Crippen molar-refractivity contribution in [3.63, 3.8) is 0 Å². The van der Waals surface area contributed by atoms with E-state index in [9.17, 15) is 0 Å². The molecule has 0 nitrogen and oxygen atoms in total. The van der Waals surface area contributed by atoms with Gasteiger partial charge in [0.15, 0.2) is 0 Å². The number of thiophene rings is 1. The van der Waals surface area contributed by atoms with Crippen molar-refractivity contribution in [2.24, 2.45) is 5.41 Å². The molecule has 1 fully saturated rings. The van der Waals surface area contributed by atoms with E-state index in [1.807, 2.05) is 11.3 Å². The third-order valence-electron chi connectivity index (χ3n) is 3.27. The molecule has 1 atom stereocenters. The van der Waals surface area contributed by atoms with Crippen LogP contribution in [0.5, 0.6) is 0 Å². The van der Waals surface area contributed by atoms with Gasteiger partial charge in [0, 0.05) is 9.35 Å². The lowest BCUT2D eigenvalue weighted by molar-refractivity contribution is 0.334. The van der Waals surface area contributed by atoms with Gasteiger partial charge < -0.3 is 0 Å². The van der Waals surface area contributed by atoms with Gasteiger partial charge in [-0.15, -0.1) is 11.3 Å². The summed E-state index contributed by atoms with van der Waals surface area (Å²) in [7, 11) is 0. The van der Waals surface area contributed by atoms with Gasteiger partial charge in [-0.05, 0) is 56.2 Å². The third kappa shape index (κ3) is 2.53. The Bertz CT molecular complexity index is 333. The molecule has 0 spiro atoms. The molecule has 0 aromatic carbocycles. The van der Waals surface area contributed by atoms with Gasteiger partial charge in [-0.3, -0.25) is 0 Å². The third-order valence-corrected chi connectivity index (χ3v) is 8.49. The van der Waals surface area contributed by atoms with Gasteiger partial charge in [-0.1, -0.05) is 35.7 Å². The summed E-state index contributed by atoms with van der Waals surface area (Å²) in [6, 6.07) is 2.23. The maximum Gasteiger partial charge on any atom is 0.0843 e. The quantitative estimate of drug-likeness (QED) is 0.497. The van der Waals surface area contributed by atoms with Gasteiger partial charge in [-0.25, -0.2) is 0 Å². The number of halogens is 3. The first-order valence-corrected chi connectivity index (χ1v) is 8.43. The standard InChI is InChI=1S/C11H13Br3S/c1-11(4-2-3-5-11)9(13)8-6-7(12)10(14)15-8/h6,9H,2-5H2,1H3. The molecule has 0 aliphatic heterocycles. The highest BCUT2D eigenvalue weighted by Gasteiger charge is 2.37. The lowest BCUT2D eigenvalue weighted by Crippen LogP contribution is -2.16. The molecule has 2 rings (SSSR count). The Balaban J connectivity index is 2.23. The molecule has 84 valence electrons. The topological polar surface area (TPSA) is 0 Å². The summed E-state index contributed by atoms with van der Waals surface area (Å²) >= 11 is 12.8. The van der Waals surface area contributed by atoms with Crippen LogP contribution in [0.15, 0.2) is 14.3 Å². The summed E-state index contributed by atoms with van der Waals surface area (Å²) in [6.07, 6.45) is 5.45. The first kappa shape index (κ1) is 12.6. The largest absolute Gasteiger partial charge is 0.131 e. The molecular weight excluding hydrogens is 404 g/mol. The summed E-state index contributed by atoms with van der Waals surface area (Å²) in [5, 5.41) is 0. The lowest BCUT2D eigenvalue weighted by Gasteiger charge is -2.28. The van der Waals surface area contributed by atoms with Crippen LogP contribution in [0.25, 0.3) is 0 Å². The lowest BCUT2D eigenvalue weighted by atomic mass is 9.84. The highest BCUT2D eigenvalue weighted by atomic mass is 79.9. The van der Waals surface area contributed by atoms with Crippen molar-refractivity contribution in [2.75, 3.05) is 0 Å². The highest BCUT2D eigenvalue weighted by molar-refractivity contribution is 9.13. The van der Waals surface area contributed by atoms with E-state index in [-0.39, 0.29) is 0 Å². The van der Waals surface area contributed by atoms with Crippen molar-refractivity contribution in [2.45, 2.75) is 37.4 Å². The minimum atomic E-state index is 0.448. The van der Waals surface area contributed by atoms with E-state index >= 15 is 0 Å². The van der Waals surface area contributed by atoms with E-state index in [2.05, 4.69) is 60.8 Å². The normalized spacial score (nSPS) is 21.9. The van der Waals surface area contributed by atoms with Crippen molar-refractivity contribution in [3.8, 4) is 0 Å². The first-order chi connectivity index (χ1) is 7.03. The Labute approximate surface area is 120 Å². The van der Waals surface area contributed by atoms with E-state index in [1.165, 1.54) is 38.8 Å². The highest BCUT2D eigenvalue weighted by Crippen LogP contribution is 2.54. The van der Waals surface area contributed by atoms with E-state index in [1.54, 1.807) is 0 Å². The predicted molar refractivity (Wildman–Crippen MR) is 78.0 cm³/mol. The molecule has 1 aliphatic carbocycles. The van der Waals surface area contributed by atoms with Crippen LogP contribution in [0.1, 0.15) is 42.3 Å². The van der Waals surface area contributed by atoms with Gasteiger partial charge >= 0.3 is 0 Å². The van der Waals surface area contributed by atoms with Gasteiger partial charge in [0.25, 0.3) is 0 Å². The van der Waals surface area contributed by atoms with Crippen LogP contribution in [0.3, 0.4) is 0 Å². The van der Waals surface area contributed by atoms with Gasteiger partial charge in [0.05, 0.1) is 8.61 Å². The summed E-state index contributed by atoms with van der Waals surface area (Å²) in [5.74, 6) is 0. The number of alkyl halides is 1. The average molecular weight is 417 g/mol. The van der Waals surface area contributed by atoms with Crippen LogP contribution in [0, 0.1) is 5.41 Å². The smallest absolute Gasteiger partial charge is 0.0843 e. The maximum atomic E-state index is 3.89. The van der Waals surface area contributed by atoms with Crippen LogP contribution in [-0.2, 0) is 0 Å². The Kier molecular flexibility index (Phi) is 4.02. The van der Waals surface area contributed by atoms with Crippen molar-refractivity contribution < 1.29 is 0 Å². The molecule has 1 saturated carbocycles. The summed E-state index contributed by atoms with van der Waals surface area (Å²) in [6.45, 7) is 2.40. The Morgan fingerprint density at radius 3 is 2.40 bits per heavy atom. The summed E-state index contributed by atoms with van der Waals surface area (Å²) in [5.41, 5.74) is 0.448. The van der Waals surface area contributed by atoms with E-state index in [0.29, 0.717) is 10.2 Å². The monoisotopic (exact) mass is 414 g/mol. The fourth-order valence-electron chi connectivity index (χ4n) is 2.27. The van der Waals surface area contributed by atoms with Crippen LogP contribution >= 0.6 is 59.1 Å². The number of hydrogen-bond acceptors (Lipinski definition) is 1. The maximum absolute atomic E-state index is 3.89. The molecule has 1 unspecified atom stereocenters. The zero-order valence-corrected chi connectivity index (χ0v) is 14.1. The van der Waals surface area contributed by atoms with Crippen molar-refractivity contribution in [1.82, 2.24) is 0 Å². The minimum Gasteiger partial charge on any atom is -0.131 e. The van der Waals surface area contributed by atoms with E-state index < -0.39 is 0 Å². The average Bonchev–Trinajstić information content (AvgIpc) is 2.75.